The summed E-state index contributed by atoms with van der Waals surface area (Å²) in [6.45, 7) is 6.59. The van der Waals surface area contributed by atoms with Crippen molar-refractivity contribution in [3.05, 3.63) is 28.2 Å². The van der Waals surface area contributed by atoms with Gasteiger partial charge in [-0.05, 0) is 37.4 Å². The Morgan fingerprint density at radius 3 is 2.68 bits per heavy atom. The summed E-state index contributed by atoms with van der Waals surface area (Å²) in [5.74, 6) is 2.01. The van der Waals surface area contributed by atoms with Crippen molar-refractivity contribution in [2.75, 3.05) is 13.1 Å². The van der Waals surface area contributed by atoms with Crippen LogP contribution in [-0.4, -0.2) is 19.2 Å². The van der Waals surface area contributed by atoms with Crippen molar-refractivity contribution >= 4 is 23.2 Å². The van der Waals surface area contributed by atoms with Crippen LogP contribution in [0.25, 0.3) is 0 Å². The molecule has 1 N–H and O–H groups in total. The predicted molar refractivity (Wildman–Crippen MR) is 81.3 cm³/mol. The quantitative estimate of drug-likeness (QED) is 0.870. The van der Waals surface area contributed by atoms with Crippen molar-refractivity contribution in [2.24, 2.45) is 11.8 Å². The Kier molecular flexibility index (Phi) is 5.37. The third-order valence-electron chi connectivity index (χ3n) is 3.51. The molecule has 0 unspecified atom stereocenters. The minimum absolute atomic E-state index is 0.243. The van der Waals surface area contributed by atoms with Crippen LogP contribution in [0.4, 0.5) is 0 Å². The van der Waals surface area contributed by atoms with Gasteiger partial charge in [0.15, 0.2) is 0 Å². The number of rotatable bonds is 5. The first-order valence-electron chi connectivity index (χ1n) is 6.88. The van der Waals surface area contributed by atoms with E-state index in [0.717, 1.165) is 25.3 Å². The summed E-state index contributed by atoms with van der Waals surface area (Å²) >= 11 is 12.0. The van der Waals surface area contributed by atoms with E-state index in [2.05, 4.69) is 19.2 Å². The highest BCUT2D eigenvalue weighted by molar-refractivity contribution is 6.42. The van der Waals surface area contributed by atoms with Gasteiger partial charge in [-0.15, -0.1) is 0 Å². The highest BCUT2D eigenvalue weighted by Gasteiger charge is 2.27. The Hall–Kier alpha value is -0.440. The van der Waals surface area contributed by atoms with Crippen LogP contribution >= 0.6 is 23.2 Å². The topological polar surface area (TPSA) is 21.3 Å². The lowest BCUT2D eigenvalue weighted by Gasteiger charge is -2.26. The van der Waals surface area contributed by atoms with Crippen LogP contribution in [0.5, 0.6) is 5.75 Å². The monoisotopic (exact) mass is 301 g/mol. The summed E-state index contributed by atoms with van der Waals surface area (Å²) in [4.78, 5) is 0. The maximum atomic E-state index is 6.16. The van der Waals surface area contributed by atoms with Crippen molar-refractivity contribution in [3.8, 4) is 5.75 Å². The van der Waals surface area contributed by atoms with Gasteiger partial charge in [0.05, 0.1) is 10.0 Å². The summed E-state index contributed by atoms with van der Waals surface area (Å²) in [6.07, 6.45) is 2.48. The standard InChI is InChI=1S/C15H21Cl2NO/c1-10(2)7-15(11-5-6-18-9-11)19-12-3-4-13(16)14(17)8-12/h3-4,8,10-11,15,18H,5-7,9H2,1-2H3/t11-,15+/m0/s1. The van der Waals surface area contributed by atoms with Crippen LogP contribution in [0.15, 0.2) is 18.2 Å². The molecule has 1 aliphatic heterocycles. The molecule has 4 heteroatoms. The first-order chi connectivity index (χ1) is 9.06. The average Bonchev–Trinajstić information content (AvgIpc) is 2.86. The highest BCUT2D eigenvalue weighted by Crippen LogP contribution is 2.30. The van der Waals surface area contributed by atoms with E-state index in [1.807, 2.05) is 6.07 Å². The molecule has 106 valence electrons. The molecule has 0 aromatic heterocycles. The maximum absolute atomic E-state index is 6.16. The van der Waals surface area contributed by atoms with Crippen LogP contribution in [0, 0.1) is 11.8 Å². The first kappa shape index (κ1) is 15.0. The fourth-order valence-corrected chi connectivity index (χ4v) is 2.81. The van der Waals surface area contributed by atoms with Crippen LogP contribution in [-0.2, 0) is 0 Å². The Labute approximate surface area is 125 Å². The number of hydrogen-bond donors (Lipinski definition) is 1. The first-order valence-corrected chi connectivity index (χ1v) is 7.64. The van der Waals surface area contributed by atoms with Gasteiger partial charge in [0.1, 0.15) is 11.9 Å². The van der Waals surface area contributed by atoms with E-state index < -0.39 is 0 Å². The number of hydrogen-bond acceptors (Lipinski definition) is 2. The SMILES string of the molecule is CC(C)C[C@@H](Oc1ccc(Cl)c(Cl)c1)[C@H]1CCNC1. The number of nitrogens with one attached hydrogen (secondary N) is 1. The van der Waals surface area contributed by atoms with Gasteiger partial charge in [-0.3, -0.25) is 0 Å². The molecule has 0 radical (unpaired) electrons. The van der Waals surface area contributed by atoms with E-state index in [1.54, 1.807) is 12.1 Å². The number of halogens is 2. The number of benzene rings is 1. The molecule has 0 bridgehead atoms. The van der Waals surface area contributed by atoms with E-state index >= 15 is 0 Å². The Bertz CT molecular complexity index is 417. The lowest BCUT2D eigenvalue weighted by molar-refractivity contribution is 0.119. The average molecular weight is 302 g/mol. The Morgan fingerprint density at radius 2 is 2.11 bits per heavy atom. The van der Waals surface area contributed by atoms with Crippen LogP contribution in [0.2, 0.25) is 10.0 Å². The molecule has 2 nitrogen and oxygen atoms in total. The van der Waals surface area contributed by atoms with E-state index in [1.165, 1.54) is 6.42 Å². The molecular weight excluding hydrogens is 281 g/mol. The molecule has 19 heavy (non-hydrogen) atoms. The highest BCUT2D eigenvalue weighted by atomic mass is 35.5. The molecule has 0 spiro atoms. The molecular formula is C15H21Cl2NO. The van der Waals surface area contributed by atoms with Gasteiger partial charge in [-0.1, -0.05) is 37.0 Å². The second-order valence-corrected chi connectivity index (χ2v) is 6.43. The van der Waals surface area contributed by atoms with Gasteiger partial charge in [-0.25, -0.2) is 0 Å². The van der Waals surface area contributed by atoms with Crippen LogP contribution in [0.3, 0.4) is 0 Å². The minimum Gasteiger partial charge on any atom is -0.490 e. The zero-order chi connectivity index (χ0) is 13.8. The minimum atomic E-state index is 0.243. The van der Waals surface area contributed by atoms with Crippen LogP contribution in [0.1, 0.15) is 26.7 Å². The zero-order valence-corrected chi connectivity index (χ0v) is 13.0. The molecule has 1 aromatic carbocycles. The normalized spacial score (nSPS) is 20.8. The largest absolute Gasteiger partial charge is 0.490 e. The lowest BCUT2D eigenvalue weighted by Crippen LogP contribution is -2.30. The van der Waals surface area contributed by atoms with Gasteiger partial charge in [0, 0.05) is 18.5 Å². The molecule has 1 aliphatic rings. The summed E-state index contributed by atoms with van der Waals surface area (Å²) in [5.41, 5.74) is 0. The second-order valence-electron chi connectivity index (χ2n) is 5.61. The molecule has 2 atom stereocenters. The summed E-state index contributed by atoms with van der Waals surface area (Å²) in [7, 11) is 0. The fourth-order valence-electron chi connectivity index (χ4n) is 2.52. The van der Waals surface area contributed by atoms with Crippen molar-refractivity contribution in [2.45, 2.75) is 32.8 Å². The molecule has 1 saturated heterocycles. The van der Waals surface area contributed by atoms with Crippen molar-refractivity contribution in [1.82, 2.24) is 5.32 Å². The predicted octanol–water partition coefficient (Wildman–Crippen LogP) is 4.40. The van der Waals surface area contributed by atoms with E-state index in [4.69, 9.17) is 27.9 Å². The van der Waals surface area contributed by atoms with E-state index in [-0.39, 0.29) is 6.10 Å². The van der Waals surface area contributed by atoms with Crippen molar-refractivity contribution in [1.29, 1.82) is 0 Å². The van der Waals surface area contributed by atoms with Gasteiger partial charge in [0.25, 0.3) is 0 Å². The van der Waals surface area contributed by atoms with Gasteiger partial charge >= 0.3 is 0 Å². The van der Waals surface area contributed by atoms with E-state index in [0.29, 0.717) is 21.9 Å². The number of ether oxygens (including phenoxy) is 1. The lowest BCUT2D eigenvalue weighted by atomic mass is 9.93. The fraction of sp³-hybridized carbons (Fsp3) is 0.600. The van der Waals surface area contributed by atoms with Crippen LogP contribution < -0.4 is 10.1 Å². The molecule has 1 fully saturated rings. The van der Waals surface area contributed by atoms with Gasteiger partial charge < -0.3 is 10.1 Å². The smallest absolute Gasteiger partial charge is 0.121 e. The third-order valence-corrected chi connectivity index (χ3v) is 4.25. The Balaban J connectivity index is 2.07. The molecule has 1 heterocycles. The summed E-state index contributed by atoms with van der Waals surface area (Å²) in [5, 5.41) is 4.52. The maximum Gasteiger partial charge on any atom is 0.121 e. The molecule has 1 aromatic rings. The molecule has 0 amide bonds. The molecule has 0 aliphatic carbocycles. The molecule has 0 saturated carbocycles. The van der Waals surface area contributed by atoms with Gasteiger partial charge in [-0.2, -0.15) is 0 Å². The van der Waals surface area contributed by atoms with Crippen molar-refractivity contribution < 1.29 is 4.74 Å². The summed E-state index contributed by atoms with van der Waals surface area (Å²) < 4.78 is 6.16. The Morgan fingerprint density at radius 1 is 1.32 bits per heavy atom. The molecule has 2 rings (SSSR count). The van der Waals surface area contributed by atoms with Crippen molar-refractivity contribution in [3.63, 3.8) is 0 Å². The zero-order valence-electron chi connectivity index (χ0n) is 11.5. The van der Waals surface area contributed by atoms with E-state index in [9.17, 15) is 0 Å². The summed E-state index contributed by atoms with van der Waals surface area (Å²) in [6, 6.07) is 5.49. The van der Waals surface area contributed by atoms with Gasteiger partial charge in [0.2, 0.25) is 0 Å². The third kappa shape index (κ3) is 4.27. The second kappa shape index (κ2) is 6.83.